The van der Waals surface area contributed by atoms with Crippen LogP contribution in [-0.4, -0.2) is 37.5 Å². The zero-order valence-corrected chi connectivity index (χ0v) is 14.8. The molecule has 0 fully saturated rings. The van der Waals surface area contributed by atoms with Crippen molar-refractivity contribution in [2.45, 2.75) is 58.8 Å². The van der Waals surface area contributed by atoms with Gasteiger partial charge in [-0.2, -0.15) is 0 Å². The second kappa shape index (κ2) is 10.3. The zero-order valence-electron chi connectivity index (χ0n) is 14.8. The first-order chi connectivity index (χ1) is 11.0. The van der Waals surface area contributed by atoms with E-state index in [0.717, 1.165) is 55.5 Å². The first kappa shape index (κ1) is 19.6. The van der Waals surface area contributed by atoms with Gasteiger partial charge < -0.3 is 11.1 Å². The minimum Gasteiger partial charge on any atom is -0.359 e. The van der Waals surface area contributed by atoms with Crippen LogP contribution in [0, 0.1) is 5.92 Å². The van der Waals surface area contributed by atoms with Gasteiger partial charge in [0.25, 0.3) is 0 Å². The van der Waals surface area contributed by atoms with Gasteiger partial charge in [0, 0.05) is 37.7 Å². The molecule has 1 atom stereocenters. The Kier molecular flexibility index (Phi) is 8.77. The number of carbonyl (C=O) groups is 2. The van der Waals surface area contributed by atoms with E-state index < -0.39 is 0 Å². The first-order valence-electron chi connectivity index (χ1n) is 8.69. The molecule has 5 nitrogen and oxygen atoms in total. The average Bonchev–Trinajstić information content (AvgIpc) is 3.04. The smallest absolute Gasteiger partial charge is 0.223 e. The van der Waals surface area contributed by atoms with E-state index in [1.807, 2.05) is 0 Å². The Labute approximate surface area is 139 Å². The molecule has 3 N–H and O–H groups in total. The van der Waals surface area contributed by atoms with Gasteiger partial charge in [-0.1, -0.05) is 12.5 Å². The Balaban J connectivity index is 3.15. The van der Waals surface area contributed by atoms with Crippen molar-refractivity contribution in [3.63, 3.8) is 0 Å². The summed E-state index contributed by atoms with van der Waals surface area (Å²) in [5, 5.41) is 2.68. The van der Waals surface area contributed by atoms with E-state index in [2.05, 4.69) is 17.2 Å². The Morgan fingerprint density at radius 1 is 1.39 bits per heavy atom. The van der Waals surface area contributed by atoms with E-state index >= 15 is 0 Å². The molecule has 1 aliphatic rings. The lowest BCUT2D eigenvalue weighted by molar-refractivity contribution is -0.120. The number of nitrogens with two attached hydrogens (primary N) is 1. The minimum atomic E-state index is -0.0432. The third-order valence-electron chi connectivity index (χ3n) is 4.52. The highest BCUT2D eigenvalue weighted by Crippen LogP contribution is 2.29. The van der Waals surface area contributed by atoms with Crippen LogP contribution >= 0.6 is 0 Å². The number of carbonyl (C=O) groups excluding carboxylic acids is 2. The van der Waals surface area contributed by atoms with Crippen LogP contribution in [0.4, 0.5) is 0 Å². The van der Waals surface area contributed by atoms with Crippen LogP contribution in [0.15, 0.2) is 16.1 Å². The Hall–Kier alpha value is -1.49. The third-order valence-corrected chi connectivity index (χ3v) is 4.52. The molecule has 130 valence electrons. The summed E-state index contributed by atoms with van der Waals surface area (Å²) in [7, 11) is 1.63. The summed E-state index contributed by atoms with van der Waals surface area (Å²) in [6.07, 6.45) is 5.65. The SMILES string of the molecule is CCC(CCCN)/C(CC(=O)NC)=C(/CC1=NCCC1)C(C)=O. The molecule has 0 radical (unpaired) electrons. The number of rotatable bonds is 10. The van der Waals surface area contributed by atoms with E-state index in [1.54, 1.807) is 14.0 Å². The predicted molar refractivity (Wildman–Crippen MR) is 94.6 cm³/mol. The molecule has 1 aliphatic heterocycles. The lowest BCUT2D eigenvalue weighted by atomic mass is 9.83. The van der Waals surface area contributed by atoms with Gasteiger partial charge in [-0.25, -0.2) is 0 Å². The van der Waals surface area contributed by atoms with Gasteiger partial charge in [-0.05, 0) is 51.5 Å². The molecule has 0 aromatic heterocycles. The lowest BCUT2D eigenvalue weighted by Crippen LogP contribution is -2.23. The number of nitrogens with one attached hydrogen (secondary N) is 1. The van der Waals surface area contributed by atoms with Crippen molar-refractivity contribution in [1.29, 1.82) is 0 Å². The first-order valence-corrected chi connectivity index (χ1v) is 8.69. The highest BCUT2D eigenvalue weighted by atomic mass is 16.1. The Bertz CT molecular complexity index is 481. The monoisotopic (exact) mass is 321 g/mol. The molecule has 1 amide bonds. The van der Waals surface area contributed by atoms with E-state index in [-0.39, 0.29) is 17.6 Å². The van der Waals surface area contributed by atoms with Gasteiger partial charge in [0.05, 0.1) is 0 Å². The fraction of sp³-hybridized carbons (Fsp3) is 0.722. The molecule has 0 aromatic rings. The van der Waals surface area contributed by atoms with Crippen LogP contribution in [0.5, 0.6) is 0 Å². The topological polar surface area (TPSA) is 84.6 Å². The molecule has 5 heteroatoms. The van der Waals surface area contributed by atoms with Crippen molar-refractivity contribution >= 4 is 17.4 Å². The maximum absolute atomic E-state index is 12.3. The van der Waals surface area contributed by atoms with Gasteiger partial charge in [-0.3, -0.25) is 14.6 Å². The number of nitrogens with zero attached hydrogens (tertiary/aromatic N) is 1. The molecular formula is C18H31N3O2. The molecule has 0 bridgehead atoms. The highest BCUT2D eigenvalue weighted by Gasteiger charge is 2.23. The maximum atomic E-state index is 12.3. The second-order valence-electron chi connectivity index (χ2n) is 6.17. The molecule has 0 aliphatic carbocycles. The van der Waals surface area contributed by atoms with Gasteiger partial charge in [0.15, 0.2) is 5.78 Å². The summed E-state index contributed by atoms with van der Waals surface area (Å²) in [6.45, 7) is 5.20. The number of amides is 1. The van der Waals surface area contributed by atoms with Crippen LogP contribution in [0.3, 0.4) is 0 Å². The van der Waals surface area contributed by atoms with Crippen LogP contribution in [0.25, 0.3) is 0 Å². The number of aliphatic imine (C=N–C) groups is 1. The third kappa shape index (κ3) is 6.26. The molecule has 0 aromatic carbocycles. The van der Waals surface area contributed by atoms with Crippen molar-refractivity contribution in [3.8, 4) is 0 Å². The standard InChI is InChI=1S/C18H31N3O2/c1-4-14(7-5-9-19)17(12-18(23)20-3)16(13(2)22)11-15-8-6-10-21-15/h14H,4-12,19H2,1-3H3,(H,20,23)/b17-16-. The quantitative estimate of drug-likeness (QED) is 0.606. The molecule has 0 saturated carbocycles. The van der Waals surface area contributed by atoms with Gasteiger partial charge in [0.1, 0.15) is 0 Å². The Morgan fingerprint density at radius 2 is 2.13 bits per heavy atom. The lowest BCUT2D eigenvalue weighted by Gasteiger charge is -2.22. The second-order valence-corrected chi connectivity index (χ2v) is 6.17. The van der Waals surface area contributed by atoms with Crippen LogP contribution in [-0.2, 0) is 9.59 Å². The molecule has 23 heavy (non-hydrogen) atoms. The number of hydrogen-bond donors (Lipinski definition) is 2. The normalized spacial score (nSPS) is 16.6. The van der Waals surface area contributed by atoms with Crippen molar-refractivity contribution in [3.05, 3.63) is 11.1 Å². The largest absolute Gasteiger partial charge is 0.359 e. The van der Waals surface area contributed by atoms with E-state index in [4.69, 9.17) is 5.73 Å². The van der Waals surface area contributed by atoms with E-state index in [1.165, 1.54) is 0 Å². The van der Waals surface area contributed by atoms with Crippen molar-refractivity contribution in [2.75, 3.05) is 20.1 Å². The van der Waals surface area contributed by atoms with Crippen molar-refractivity contribution in [1.82, 2.24) is 5.32 Å². The number of ketones is 1. The summed E-state index contributed by atoms with van der Waals surface area (Å²) in [6, 6.07) is 0. The van der Waals surface area contributed by atoms with Crippen molar-refractivity contribution in [2.24, 2.45) is 16.6 Å². The molecular weight excluding hydrogens is 290 g/mol. The minimum absolute atomic E-state index is 0.0432. The van der Waals surface area contributed by atoms with E-state index in [9.17, 15) is 9.59 Å². The highest BCUT2D eigenvalue weighted by molar-refractivity contribution is 6.02. The zero-order chi connectivity index (χ0) is 17.2. The summed E-state index contributed by atoms with van der Waals surface area (Å²) in [4.78, 5) is 28.7. The fourth-order valence-electron chi connectivity index (χ4n) is 3.16. The van der Waals surface area contributed by atoms with Crippen LogP contribution in [0.2, 0.25) is 0 Å². The van der Waals surface area contributed by atoms with E-state index in [0.29, 0.717) is 19.4 Å². The molecule has 1 unspecified atom stereocenters. The van der Waals surface area contributed by atoms with Gasteiger partial charge in [-0.15, -0.1) is 0 Å². The average molecular weight is 321 g/mol. The summed E-state index contributed by atoms with van der Waals surface area (Å²) in [5.74, 6) is 0.250. The summed E-state index contributed by atoms with van der Waals surface area (Å²) < 4.78 is 0. The number of hydrogen-bond acceptors (Lipinski definition) is 4. The molecule has 1 rings (SSSR count). The predicted octanol–water partition coefficient (Wildman–Crippen LogP) is 2.40. The molecule has 1 heterocycles. The summed E-state index contributed by atoms with van der Waals surface area (Å²) >= 11 is 0. The Morgan fingerprint density at radius 3 is 2.61 bits per heavy atom. The van der Waals surface area contributed by atoms with Gasteiger partial charge >= 0.3 is 0 Å². The number of allylic oxidation sites excluding steroid dienone is 1. The van der Waals surface area contributed by atoms with Crippen molar-refractivity contribution < 1.29 is 9.59 Å². The molecule has 0 spiro atoms. The molecule has 0 saturated heterocycles. The van der Waals surface area contributed by atoms with Crippen LogP contribution < -0.4 is 11.1 Å². The number of Topliss-reactive ketones (excluding diaryl/α,β-unsaturated/α-hetero) is 1. The van der Waals surface area contributed by atoms with Gasteiger partial charge in [0.2, 0.25) is 5.91 Å². The summed E-state index contributed by atoms with van der Waals surface area (Å²) in [5.41, 5.74) is 8.52. The van der Waals surface area contributed by atoms with Crippen LogP contribution in [0.1, 0.15) is 58.8 Å². The fourth-order valence-corrected chi connectivity index (χ4v) is 3.16. The maximum Gasteiger partial charge on any atom is 0.223 e.